The van der Waals surface area contributed by atoms with E-state index in [0.717, 1.165) is 65.6 Å². The van der Waals surface area contributed by atoms with Crippen molar-refractivity contribution >= 4 is 45.5 Å². The van der Waals surface area contributed by atoms with Gasteiger partial charge in [0, 0.05) is 24.7 Å². The van der Waals surface area contributed by atoms with Crippen LogP contribution in [0.5, 0.6) is 17.2 Å². The van der Waals surface area contributed by atoms with Crippen LogP contribution in [0.25, 0.3) is 11.0 Å². The van der Waals surface area contributed by atoms with Crippen molar-refractivity contribution in [2.75, 3.05) is 5.32 Å². The molecule has 210 valence electrons. The van der Waals surface area contributed by atoms with E-state index < -0.39 is 5.25 Å². The number of nitrogens with zero attached hydrogens (tertiary/aromatic N) is 2. The van der Waals surface area contributed by atoms with Gasteiger partial charge in [0.2, 0.25) is 11.8 Å². The number of amides is 3. The summed E-state index contributed by atoms with van der Waals surface area (Å²) in [5.41, 5.74) is 3.48. The number of nitrogens with one attached hydrogen (secondary N) is 2. The third-order valence-corrected chi connectivity index (χ3v) is 8.49. The SMILES string of the molecule is Cn1c(COc2ccc(CC3SC(=O)NC3=O)cc2)nc2ccc(Oc3ccc(NC(=O)C4CCCC4)cc3)cc21. The Morgan fingerprint density at radius 1 is 1.00 bits per heavy atom. The molecular formula is C31H30N4O5S. The summed E-state index contributed by atoms with van der Waals surface area (Å²) in [6.07, 6.45) is 4.68. The van der Waals surface area contributed by atoms with E-state index in [9.17, 15) is 14.4 Å². The molecule has 1 aliphatic heterocycles. The summed E-state index contributed by atoms with van der Waals surface area (Å²) in [5.74, 6) is 2.79. The molecule has 10 heteroatoms. The number of thioether (sulfide) groups is 1. The molecule has 1 atom stereocenters. The molecule has 9 nitrogen and oxygen atoms in total. The Kier molecular flexibility index (Phi) is 7.65. The molecule has 4 aromatic rings. The second kappa shape index (κ2) is 11.7. The fourth-order valence-corrected chi connectivity index (χ4v) is 6.06. The summed E-state index contributed by atoms with van der Waals surface area (Å²) in [6, 6.07) is 20.7. The number of imidazole rings is 1. The van der Waals surface area contributed by atoms with E-state index in [1.54, 1.807) is 0 Å². The average Bonchev–Trinajstić information content (AvgIpc) is 3.69. The summed E-state index contributed by atoms with van der Waals surface area (Å²) >= 11 is 1.03. The van der Waals surface area contributed by atoms with Gasteiger partial charge in [-0.25, -0.2) is 4.98 Å². The van der Waals surface area contributed by atoms with Crippen molar-refractivity contribution < 1.29 is 23.9 Å². The first kappa shape index (κ1) is 26.9. The topological polar surface area (TPSA) is 112 Å². The van der Waals surface area contributed by atoms with Gasteiger partial charge < -0.3 is 19.4 Å². The number of aryl methyl sites for hydroxylation is 1. The van der Waals surface area contributed by atoms with Gasteiger partial charge in [0.25, 0.3) is 5.24 Å². The molecule has 0 bridgehead atoms. The van der Waals surface area contributed by atoms with Crippen molar-refractivity contribution in [1.82, 2.24) is 14.9 Å². The van der Waals surface area contributed by atoms with Gasteiger partial charge in [-0.05, 0) is 73.4 Å². The van der Waals surface area contributed by atoms with E-state index in [0.29, 0.717) is 23.7 Å². The second-order valence-electron chi connectivity index (χ2n) is 10.4. The Bertz CT molecular complexity index is 1590. The number of anilines is 1. The highest BCUT2D eigenvalue weighted by Crippen LogP contribution is 2.29. The highest BCUT2D eigenvalue weighted by molar-refractivity contribution is 8.15. The maximum Gasteiger partial charge on any atom is 0.286 e. The van der Waals surface area contributed by atoms with Gasteiger partial charge in [0.05, 0.1) is 16.3 Å². The average molecular weight is 571 g/mol. The van der Waals surface area contributed by atoms with E-state index in [2.05, 4.69) is 10.6 Å². The Hall–Kier alpha value is -4.31. The van der Waals surface area contributed by atoms with Crippen LogP contribution in [-0.4, -0.2) is 31.9 Å². The summed E-state index contributed by atoms with van der Waals surface area (Å²) in [6.45, 7) is 0.282. The molecule has 1 saturated heterocycles. The van der Waals surface area contributed by atoms with Crippen molar-refractivity contribution in [2.45, 2.75) is 44.0 Å². The number of carbonyl (C=O) groups is 3. The predicted molar refractivity (Wildman–Crippen MR) is 157 cm³/mol. The lowest BCUT2D eigenvalue weighted by Crippen LogP contribution is -2.25. The molecule has 3 amide bonds. The van der Waals surface area contributed by atoms with E-state index in [-0.39, 0.29) is 29.6 Å². The molecular weight excluding hydrogens is 540 g/mol. The minimum Gasteiger partial charge on any atom is -0.486 e. The summed E-state index contributed by atoms with van der Waals surface area (Å²) in [4.78, 5) is 40.3. The zero-order chi connectivity index (χ0) is 28.3. The Balaban J connectivity index is 1.06. The molecule has 1 unspecified atom stereocenters. The number of imide groups is 1. The van der Waals surface area contributed by atoms with Crippen molar-refractivity contribution in [3.05, 3.63) is 78.1 Å². The normalized spacial score (nSPS) is 17.1. The minimum absolute atomic E-state index is 0.0994. The number of ether oxygens (including phenoxy) is 2. The fourth-order valence-electron chi connectivity index (χ4n) is 5.20. The molecule has 2 aliphatic rings. The predicted octanol–water partition coefficient (Wildman–Crippen LogP) is 5.97. The number of fused-ring (bicyclic) bond motifs is 1. The first-order valence-electron chi connectivity index (χ1n) is 13.7. The third-order valence-electron chi connectivity index (χ3n) is 7.51. The summed E-state index contributed by atoms with van der Waals surface area (Å²) in [5, 5.41) is 4.64. The van der Waals surface area contributed by atoms with Gasteiger partial charge in [-0.3, -0.25) is 19.7 Å². The van der Waals surface area contributed by atoms with Crippen LogP contribution in [0, 0.1) is 5.92 Å². The van der Waals surface area contributed by atoms with Crippen molar-refractivity contribution in [2.24, 2.45) is 13.0 Å². The van der Waals surface area contributed by atoms with Crippen molar-refractivity contribution in [3.8, 4) is 17.2 Å². The van der Waals surface area contributed by atoms with Crippen LogP contribution in [-0.2, 0) is 29.7 Å². The van der Waals surface area contributed by atoms with Gasteiger partial charge in [-0.1, -0.05) is 36.7 Å². The zero-order valence-electron chi connectivity index (χ0n) is 22.6. The number of carbonyl (C=O) groups excluding carboxylic acids is 3. The van der Waals surface area contributed by atoms with Gasteiger partial charge in [0.1, 0.15) is 29.7 Å². The third kappa shape index (κ3) is 6.22. The molecule has 41 heavy (non-hydrogen) atoms. The lowest BCUT2D eigenvalue weighted by atomic mass is 10.1. The maximum absolute atomic E-state index is 12.4. The lowest BCUT2D eigenvalue weighted by Gasteiger charge is -2.11. The van der Waals surface area contributed by atoms with Crippen molar-refractivity contribution in [1.29, 1.82) is 0 Å². The fraction of sp³-hybridized carbons (Fsp3) is 0.290. The van der Waals surface area contributed by atoms with Crippen LogP contribution >= 0.6 is 11.8 Å². The largest absolute Gasteiger partial charge is 0.486 e. The smallest absolute Gasteiger partial charge is 0.286 e. The van der Waals surface area contributed by atoms with Gasteiger partial charge in [-0.2, -0.15) is 0 Å². The molecule has 1 aliphatic carbocycles. The van der Waals surface area contributed by atoms with E-state index in [1.807, 2.05) is 78.3 Å². The quantitative estimate of drug-likeness (QED) is 0.255. The van der Waals surface area contributed by atoms with Crippen LogP contribution in [0.4, 0.5) is 10.5 Å². The van der Waals surface area contributed by atoms with E-state index in [4.69, 9.17) is 14.5 Å². The number of rotatable bonds is 9. The first-order chi connectivity index (χ1) is 19.9. The molecule has 2 fully saturated rings. The van der Waals surface area contributed by atoms with Crippen LogP contribution in [0.15, 0.2) is 66.7 Å². The standard InChI is InChI=1S/C31H30N4O5S/c1-35-26-17-24(40-23-12-8-21(9-13-23)32-29(36)20-4-2-3-5-20)14-15-25(26)33-28(35)18-39-22-10-6-19(7-11-22)16-27-30(37)34-31(38)41-27/h6-15,17,20,27H,2-5,16,18H2,1H3,(H,32,36)(H,34,37,38). The van der Waals surface area contributed by atoms with E-state index >= 15 is 0 Å². The Morgan fingerprint density at radius 2 is 1.71 bits per heavy atom. The van der Waals surface area contributed by atoms with Gasteiger partial charge >= 0.3 is 0 Å². The summed E-state index contributed by atoms with van der Waals surface area (Å²) < 4.78 is 14.0. The Morgan fingerprint density at radius 3 is 2.41 bits per heavy atom. The number of hydrogen-bond donors (Lipinski definition) is 2. The van der Waals surface area contributed by atoms with Crippen molar-refractivity contribution in [3.63, 3.8) is 0 Å². The molecule has 2 N–H and O–H groups in total. The molecule has 2 heterocycles. The maximum atomic E-state index is 12.4. The molecule has 0 radical (unpaired) electrons. The van der Waals surface area contributed by atoms with E-state index in [1.165, 1.54) is 0 Å². The molecule has 6 rings (SSSR count). The highest BCUT2D eigenvalue weighted by Gasteiger charge is 2.31. The van der Waals surface area contributed by atoms with Gasteiger partial charge in [-0.15, -0.1) is 0 Å². The van der Waals surface area contributed by atoms with Crippen LogP contribution < -0.4 is 20.1 Å². The Labute approximate surface area is 241 Å². The van der Waals surface area contributed by atoms with Crippen LogP contribution in [0.3, 0.4) is 0 Å². The van der Waals surface area contributed by atoms with Crippen LogP contribution in [0.1, 0.15) is 37.1 Å². The molecule has 0 spiro atoms. The lowest BCUT2D eigenvalue weighted by molar-refractivity contribution is -0.120. The number of hydrogen-bond acceptors (Lipinski definition) is 7. The summed E-state index contributed by atoms with van der Waals surface area (Å²) in [7, 11) is 1.94. The highest BCUT2D eigenvalue weighted by atomic mass is 32.2. The van der Waals surface area contributed by atoms with Crippen LogP contribution in [0.2, 0.25) is 0 Å². The van der Waals surface area contributed by atoms with Gasteiger partial charge in [0.15, 0.2) is 0 Å². The second-order valence-corrected chi connectivity index (χ2v) is 11.5. The number of aromatic nitrogens is 2. The molecule has 1 saturated carbocycles. The monoisotopic (exact) mass is 570 g/mol. The zero-order valence-corrected chi connectivity index (χ0v) is 23.4. The molecule has 1 aromatic heterocycles. The first-order valence-corrected chi connectivity index (χ1v) is 14.6. The molecule has 3 aromatic carbocycles. The minimum atomic E-state index is -0.392. The number of benzene rings is 3.